The lowest BCUT2D eigenvalue weighted by Crippen LogP contribution is -2.54. The third-order valence-electron chi connectivity index (χ3n) is 4.24. The van der Waals surface area contributed by atoms with Crippen LogP contribution in [0.25, 0.3) is 0 Å². The minimum absolute atomic E-state index is 0.107. The Bertz CT molecular complexity index is 298. The summed E-state index contributed by atoms with van der Waals surface area (Å²) in [4.78, 5) is 11.0. The molecule has 1 unspecified atom stereocenters. The Labute approximate surface area is 98.9 Å². The maximum Gasteiger partial charge on any atom is 0.114 e. The van der Waals surface area contributed by atoms with Crippen molar-refractivity contribution in [2.45, 2.75) is 59.2 Å². The van der Waals surface area contributed by atoms with Crippen LogP contribution in [-0.2, 0) is 9.78 Å². The smallest absolute Gasteiger partial charge is 0.114 e. The van der Waals surface area contributed by atoms with Gasteiger partial charge >= 0.3 is 0 Å². The largest absolute Gasteiger partial charge is 0.230 e. The predicted octanol–water partition coefficient (Wildman–Crippen LogP) is 3.72. The van der Waals surface area contributed by atoms with E-state index in [4.69, 9.17) is 9.78 Å². The van der Waals surface area contributed by atoms with Crippen molar-refractivity contribution in [3.05, 3.63) is 12.2 Å². The maximum absolute atomic E-state index is 5.55. The second kappa shape index (κ2) is 3.58. The minimum Gasteiger partial charge on any atom is -0.230 e. The lowest BCUT2D eigenvalue weighted by atomic mass is 9.47. The molecule has 0 spiro atoms. The first-order chi connectivity index (χ1) is 7.22. The Balaban J connectivity index is 1.94. The van der Waals surface area contributed by atoms with Crippen LogP contribution in [0.4, 0.5) is 0 Å². The molecule has 3 fully saturated rings. The van der Waals surface area contributed by atoms with Gasteiger partial charge in [-0.15, -0.1) is 0 Å². The van der Waals surface area contributed by atoms with Gasteiger partial charge in [0.15, 0.2) is 0 Å². The van der Waals surface area contributed by atoms with Gasteiger partial charge in [-0.2, -0.15) is 0 Å². The number of hydrogen-bond donors (Lipinski definition) is 0. The van der Waals surface area contributed by atoms with E-state index in [1.165, 1.54) is 12.0 Å². The van der Waals surface area contributed by atoms with E-state index in [-0.39, 0.29) is 11.7 Å². The Morgan fingerprint density at radius 3 is 2.31 bits per heavy atom. The topological polar surface area (TPSA) is 18.5 Å². The molecule has 0 amide bonds. The van der Waals surface area contributed by atoms with Gasteiger partial charge in [-0.3, -0.25) is 0 Å². The summed E-state index contributed by atoms with van der Waals surface area (Å²) in [7, 11) is 0. The molecule has 3 atom stereocenters. The van der Waals surface area contributed by atoms with Crippen LogP contribution < -0.4 is 0 Å². The van der Waals surface area contributed by atoms with Crippen molar-refractivity contribution in [3.8, 4) is 0 Å². The first kappa shape index (κ1) is 12.1. The first-order valence-electron chi connectivity index (χ1n) is 6.25. The molecule has 2 bridgehead atoms. The third-order valence-corrected chi connectivity index (χ3v) is 4.24. The van der Waals surface area contributed by atoms with E-state index in [2.05, 4.69) is 20.4 Å². The molecule has 2 nitrogen and oxygen atoms in total. The fraction of sp³-hybridized carbons (Fsp3) is 0.857. The fourth-order valence-corrected chi connectivity index (χ4v) is 2.98. The summed E-state index contributed by atoms with van der Waals surface area (Å²) in [5, 5.41) is 0. The first-order valence-corrected chi connectivity index (χ1v) is 6.25. The van der Waals surface area contributed by atoms with Gasteiger partial charge in [0.1, 0.15) is 6.10 Å². The van der Waals surface area contributed by atoms with Crippen LogP contribution in [0.1, 0.15) is 47.5 Å². The van der Waals surface area contributed by atoms with E-state index >= 15 is 0 Å². The fourth-order valence-electron chi connectivity index (χ4n) is 2.98. The summed E-state index contributed by atoms with van der Waals surface area (Å²) in [6.07, 6.45) is 2.47. The normalized spacial score (nSPS) is 37.1. The molecular formula is C14H24O2. The third kappa shape index (κ3) is 1.93. The molecule has 0 aromatic rings. The lowest BCUT2D eigenvalue weighted by molar-refractivity contribution is -0.376. The van der Waals surface area contributed by atoms with Crippen LogP contribution in [0, 0.1) is 17.3 Å². The Morgan fingerprint density at radius 1 is 1.25 bits per heavy atom. The van der Waals surface area contributed by atoms with Gasteiger partial charge in [0, 0.05) is 0 Å². The van der Waals surface area contributed by atoms with Crippen LogP contribution in [0.15, 0.2) is 12.2 Å². The van der Waals surface area contributed by atoms with E-state index < -0.39 is 0 Å². The SMILES string of the molecule is C=C1C(OOC(C)(C)C)C[C@@H]2C[C@H]1C2(C)C. The second-order valence-corrected chi connectivity index (χ2v) is 6.90. The van der Waals surface area contributed by atoms with Crippen LogP contribution in [0.3, 0.4) is 0 Å². The molecule has 3 aliphatic rings. The van der Waals surface area contributed by atoms with Crippen LogP contribution in [-0.4, -0.2) is 11.7 Å². The quantitative estimate of drug-likeness (QED) is 0.404. The van der Waals surface area contributed by atoms with Crippen molar-refractivity contribution >= 4 is 0 Å². The Hall–Kier alpha value is -0.340. The molecule has 3 saturated carbocycles. The molecular weight excluding hydrogens is 200 g/mol. The zero-order valence-electron chi connectivity index (χ0n) is 11.2. The summed E-state index contributed by atoms with van der Waals surface area (Å²) < 4.78 is 0. The monoisotopic (exact) mass is 224 g/mol. The summed E-state index contributed by atoms with van der Waals surface area (Å²) in [5.74, 6) is 1.40. The van der Waals surface area contributed by atoms with E-state index in [0.29, 0.717) is 11.3 Å². The molecule has 2 heteroatoms. The summed E-state index contributed by atoms with van der Waals surface area (Å²) in [5.41, 5.74) is 1.42. The van der Waals surface area contributed by atoms with Gasteiger partial charge in [0.25, 0.3) is 0 Å². The summed E-state index contributed by atoms with van der Waals surface area (Å²) in [6, 6.07) is 0. The van der Waals surface area contributed by atoms with Crippen molar-refractivity contribution in [2.75, 3.05) is 0 Å². The highest BCUT2D eigenvalue weighted by molar-refractivity contribution is 5.23. The Morgan fingerprint density at radius 2 is 1.88 bits per heavy atom. The molecule has 0 aliphatic heterocycles. The zero-order chi connectivity index (χ0) is 12.1. The van der Waals surface area contributed by atoms with Gasteiger partial charge in [-0.25, -0.2) is 9.78 Å². The highest BCUT2D eigenvalue weighted by Gasteiger charge is 2.55. The van der Waals surface area contributed by atoms with Crippen molar-refractivity contribution < 1.29 is 9.78 Å². The molecule has 0 saturated heterocycles. The zero-order valence-corrected chi connectivity index (χ0v) is 11.2. The molecule has 0 N–H and O–H groups in total. The van der Waals surface area contributed by atoms with E-state index in [1.54, 1.807) is 0 Å². The van der Waals surface area contributed by atoms with Crippen molar-refractivity contribution in [1.29, 1.82) is 0 Å². The summed E-state index contributed by atoms with van der Waals surface area (Å²) >= 11 is 0. The molecule has 3 aliphatic carbocycles. The second-order valence-electron chi connectivity index (χ2n) is 6.90. The molecule has 0 aromatic heterocycles. The van der Waals surface area contributed by atoms with E-state index in [9.17, 15) is 0 Å². The maximum atomic E-state index is 5.55. The van der Waals surface area contributed by atoms with Crippen LogP contribution in [0.5, 0.6) is 0 Å². The van der Waals surface area contributed by atoms with Crippen molar-refractivity contribution in [2.24, 2.45) is 17.3 Å². The highest BCUT2D eigenvalue weighted by atomic mass is 17.2. The highest BCUT2D eigenvalue weighted by Crippen LogP contribution is 2.61. The number of rotatable bonds is 2. The number of hydrogen-bond acceptors (Lipinski definition) is 2. The molecule has 16 heavy (non-hydrogen) atoms. The van der Waals surface area contributed by atoms with Gasteiger partial charge in [-0.05, 0) is 56.4 Å². The molecule has 92 valence electrons. The molecule has 0 heterocycles. The molecule has 0 radical (unpaired) electrons. The van der Waals surface area contributed by atoms with Gasteiger partial charge in [-0.1, -0.05) is 20.4 Å². The van der Waals surface area contributed by atoms with Crippen molar-refractivity contribution in [1.82, 2.24) is 0 Å². The van der Waals surface area contributed by atoms with Crippen molar-refractivity contribution in [3.63, 3.8) is 0 Å². The van der Waals surface area contributed by atoms with Gasteiger partial charge < -0.3 is 0 Å². The Kier molecular flexibility index (Phi) is 2.71. The minimum atomic E-state index is -0.239. The van der Waals surface area contributed by atoms with E-state index in [1.807, 2.05) is 20.8 Å². The standard InChI is InChI=1S/C14H24O2/c1-9-11-7-10(14(11,5)6)8-12(9)15-16-13(2,3)4/h10-12H,1,7-8H2,2-6H3/t10-,11+,12?/m0/s1. The predicted molar refractivity (Wildman–Crippen MR) is 64.8 cm³/mol. The van der Waals surface area contributed by atoms with Crippen LogP contribution >= 0.6 is 0 Å². The van der Waals surface area contributed by atoms with Crippen LogP contribution in [0.2, 0.25) is 0 Å². The molecule has 3 rings (SSSR count). The summed E-state index contributed by atoms with van der Waals surface area (Å²) in [6.45, 7) is 14.9. The average molecular weight is 224 g/mol. The average Bonchev–Trinajstić information content (AvgIpc) is 2.13. The lowest BCUT2D eigenvalue weighted by Gasteiger charge is -2.59. The van der Waals surface area contributed by atoms with E-state index in [0.717, 1.165) is 12.3 Å². The van der Waals surface area contributed by atoms with Gasteiger partial charge in [0.2, 0.25) is 0 Å². The molecule has 0 aromatic carbocycles. The number of fused-ring (bicyclic) bond motifs is 2. The van der Waals surface area contributed by atoms with Gasteiger partial charge in [0.05, 0.1) is 5.60 Å².